The summed E-state index contributed by atoms with van der Waals surface area (Å²) in [7, 11) is 1.57. The van der Waals surface area contributed by atoms with E-state index in [0.717, 1.165) is 11.1 Å². The minimum atomic E-state index is -0.489. The summed E-state index contributed by atoms with van der Waals surface area (Å²) in [5.74, 6) is 2.98. The van der Waals surface area contributed by atoms with Crippen molar-refractivity contribution in [3.8, 4) is 23.8 Å². The molecule has 2 aromatic carbocycles. The van der Waals surface area contributed by atoms with E-state index in [1.165, 1.54) is 11.6 Å². The highest BCUT2D eigenvalue weighted by Gasteiger charge is 2.06. The number of terminal acetylenes is 1. The van der Waals surface area contributed by atoms with Crippen molar-refractivity contribution in [3.63, 3.8) is 0 Å². The number of benzene rings is 2. The molecule has 0 saturated carbocycles. The fraction of sp³-hybridized carbons (Fsp3) is 0.190. The van der Waals surface area contributed by atoms with Crippen LogP contribution in [-0.4, -0.2) is 19.7 Å². The van der Waals surface area contributed by atoms with Gasteiger partial charge in [0.05, 0.1) is 7.11 Å². The summed E-state index contributed by atoms with van der Waals surface area (Å²) in [6, 6.07) is 13.5. The molecule has 2 rings (SSSR count). The second kappa shape index (κ2) is 9.19. The molecule has 4 heteroatoms. The average Bonchev–Trinajstić information content (AvgIpc) is 2.64. The van der Waals surface area contributed by atoms with Crippen LogP contribution in [-0.2, 0) is 16.1 Å². The van der Waals surface area contributed by atoms with Crippen LogP contribution in [0.15, 0.2) is 48.5 Å². The molecule has 0 saturated heterocycles. The zero-order valence-electron chi connectivity index (χ0n) is 14.3. The highest BCUT2D eigenvalue weighted by Crippen LogP contribution is 2.29. The van der Waals surface area contributed by atoms with E-state index in [-0.39, 0.29) is 6.61 Å². The van der Waals surface area contributed by atoms with E-state index < -0.39 is 5.97 Å². The van der Waals surface area contributed by atoms with Crippen LogP contribution in [0.4, 0.5) is 0 Å². The number of rotatable bonds is 7. The Labute approximate surface area is 148 Å². The molecule has 128 valence electrons. The molecule has 0 aliphatic carbocycles. The van der Waals surface area contributed by atoms with Gasteiger partial charge >= 0.3 is 5.97 Å². The van der Waals surface area contributed by atoms with Gasteiger partial charge in [0.15, 0.2) is 18.1 Å². The van der Waals surface area contributed by atoms with Crippen molar-refractivity contribution >= 4 is 12.0 Å². The Morgan fingerprint density at radius 2 is 2.00 bits per heavy atom. The molecule has 0 aliphatic rings. The van der Waals surface area contributed by atoms with Gasteiger partial charge in [0.1, 0.15) is 6.61 Å². The Balaban J connectivity index is 2.06. The monoisotopic (exact) mass is 336 g/mol. The van der Waals surface area contributed by atoms with Crippen molar-refractivity contribution in [1.29, 1.82) is 0 Å². The molecule has 0 radical (unpaired) electrons. The van der Waals surface area contributed by atoms with Crippen molar-refractivity contribution in [1.82, 2.24) is 0 Å². The van der Waals surface area contributed by atoms with Crippen LogP contribution in [0.3, 0.4) is 0 Å². The van der Waals surface area contributed by atoms with E-state index >= 15 is 0 Å². The zero-order chi connectivity index (χ0) is 18.1. The molecule has 0 aliphatic heterocycles. The van der Waals surface area contributed by atoms with Crippen molar-refractivity contribution in [3.05, 3.63) is 65.2 Å². The summed E-state index contributed by atoms with van der Waals surface area (Å²) in [5, 5.41) is 0. The molecular formula is C21H20O4. The van der Waals surface area contributed by atoms with E-state index in [4.69, 9.17) is 20.6 Å². The summed E-state index contributed by atoms with van der Waals surface area (Å²) in [6.45, 7) is 2.46. The number of methoxy groups -OCH3 is 1. The fourth-order valence-electron chi connectivity index (χ4n) is 2.16. The summed E-state index contributed by atoms with van der Waals surface area (Å²) in [4.78, 5) is 11.4. The van der Waals surface area contributed by atoms with Crippen LogP contribution in [0.25, 0.3) is 6.08 Å². The first kappa shape index (κ1) is 18.2. The van der Waals surface area contributed by atoms with Crippen LogP contribution >= 0.6 is 0 Å². The smallest absolute Gasteiger partial charge is 0.331 e. The number of hydrogen-bond acceptors (Lipinski definition) is 4. The van der Waals surface area contributed by atoms with Crippen molar-refractivity contribution in [2.24, 2.45) is 0 Å². The van der Waals surface area contributed by atoms with Gasteiger partial charge in [0.25, 0.3) is 0 Å². The van der Waals surface area contributed by atoms with E-state index in [0.29, 0.717) is 18.1 Å². The van der Waals surface area contributed by atoms with Gasteiger partial charge in [0, 0.05) is 6.08 Å². The van der Waals surface area contributed by atoms with Crippen molar-refractivity contribution in [2.45, 2.75) is 13.5 Å². The van der Waals surface area contributed by atoms with Gasteiger partial charge in [-0.1, -0.05) is 36.3 Å². The molecule has 0 N–H and O–H groups in total. The van der Waals surface area contributed by atoms with Crippen LogP contribution in [0, 0.1) is 19.3 Å². The lowest BCUT2D eigenvalue weighted by atomic mass is 10.1. The number of carbonyl (C=O) groups is 1. The topological polar surface area (TPSA) is 44.8 Å². The lowest BCUT2D eigenvalue weighted by Gasteiger charge is -2.12. The van der Waals surface area contributed by atoms with Gasteiger partial charge in [-0.3, -0.25) is 0 Å². The van der Waals surface area contributed by atoms with E-state index in [1.54, 1.807) is 19.3 Å². The third-order valence-electron chi connectivity index (χ3n) is 3.54. The minimum Gasteiger partial charge on any atom is -0.493 e. The Morgan fingerprint density at radius 1 is 1.20 bits per heavy atom. The average molecular weight is 336 g/mol. The number of ether oxygens (including phenoxy) is 3. The Kier molecular flexibility index (Phi) is 6.67. The van der Waals surface area contributed by atoms with E-state index in [1.807, 2.05) is 43.3 Å². The van der Waals surface area contributed by atoms with Gasteiger partial charge in [-0.2, -0.15) is 0 Å². The molecule has 0 aromatic heterocycles. The lowest BCUT2D eigenvalue weighted by molar-refractivity contribution is -0.136. The molecule has 4 nitrogen and oxygen atoms in total. The maximum Gasteiger partial charge on any atom is 0.331 e. The lowest BCUT2D eigenvalue weighted by Crippen LogP contribution is -2.00. The SMILES string of the molecule is C#CCOC(=O)/C=C/c1ccc(OCc2ccccc2C)c(OC)c1. The fourth-order valence-corrected chi connectivity index (χ4v) is 2.16. The van der Waals surface area contributed by atoms with Crippen LogP contribution in [0.5, 0.6) is 11.5 Å². The maximum atomic E-state index is 11.4. The predicted molar refractivity (Wildman–Crippen MR) is 97.3 cm³/mol. The number of aryl methyl sites for hydroxylation is 1. The summed E-state index contributed by atoms with van der Waals surface area (Å²) in [6.07, 6.45) is 7.99. The normalized spacial score (nSPS) is 10.3. The first-order chi connectivity index (χ1) is 12.1. The van der Waals surface area contributed by atoms with E-state index in [9.17, 15) is 4.79 Å². The highest BCUT2D eigenvalue weighted by molar-refractivity contribution is 5.87. The zero-order valence-corrected chi connectivity index (χ0v) is 14.3. The largest absolute Gasteiger partial charge is 0.493 e. The molecule has 0 heterocycles. The number of hydrogen-bond donors (Lipinski definition) is 0. The summed E-state index contributed by atoms with van der Waals surface area (Å²) < 4.78 is 16.0. The predicted octanol–water partition coefficient (Wildman–Crippen LogP) is 3.77. The van der Waals surface area contributed by atoms with Gasteiger partial charge in [-0.15, -0.1) is 6.42 Å². The molecule has 0 unspecified atom stereocenters. The molecule has 2 aromatic rings. The Hall–Kier alpha value is -3.19. The van der Waals surface area contributed by atoms with Crippen molar-refractivity contribution < 1.29 is 19.0 Å². The quantitative estimate of drug-likeness (QED) is 0.439. The molecule has 25 heavy (non-hydrogen) atoms. The molecule has 0 fully saturated rings. The summed E-state index contributed by atoms with van der Waals surface area (Å²) >= 11 is 0. The second-order valence-electron chi connectivity index (χ2n) is 5.27. The Morgan fingerprint density at radius 3 is 2.72 bits per heavy atom. The van der Waals surface area contributed by atoms with E-state index in [2.05, 4.69) is 5.92 Å². The first-order valence-electron chi connectivity index (χ1n) is 7.77. The van der Waals surface area contributed by atoms with Gasteiger partial charge in [-0.25, -0.2) is 4.79 Å². The van der Waals surface area contributed by atoms with Gasteiger partial charge in [0.2, 0.25) is 0 Å². The van der Waals surface area contributed by atoms with Gasteiger partial charge < -0.3 is 14.2 Å². The first-order valence-corrected chi connectivity index (χ1v) is 7.77. The highest BCUT2D eigenvalue weighted by atomic mass is 16.5. The molecule has 0 spiro atoms. The maximum absolute atomic E-state index is 11.4. The minimum absolute atomic E-state index is 0.0435. The molecule has 0 amide bonds. The third-order valence-corrected chi connectivity index (χ3v) is 3.54. The number of esters is 1. The number of carbonyl (C=O) groups excluding carboxylic acids is 1. The molecule has 0 bridgehead atoms. The van der Waals surface area contributed by atoms with Crippen LogP contribution in [0.1, 0.15) is 16.7 Å². The van der Waals surface area contributed by atoms with Crippen LogP contribution < -0.4 is 9.47 Å². The summed E-state index contributed by atoms with van der Waals surface area (Å²) in [5.41, 5.74) is 3.08. The Bertz CT molecular complexity index is 800. The third kappa shape index (κ3) is 5.43. The molecular weight excluding hydrogens is 316 g/mol. The van der Waals surface area contributed by atoms with Crippen molar-refractivity contribution in [2.75, 3.05) is 13.7 Å². The van der Waals surface area contributed by atoms with Crippen LogP contribution in [0.2, 0.25) is 0 Å². The van der Waals surface area contributed by atoms with Gasteiger partial charge in [-0.05, 0) is 41.8 Å². The second-order valence-corrected chi connectivity index (χ2v) is 5.27. The molecule has 0 atom stereocenters. The standard InChI is InChI=1S/C21H20O4/c1-4-13-24-21(22)12-10-17-9-11-19(20(14-17)23-3)25-15-18-8-6-5-7-16(18)2/h1,5-12,14H,13,15H2,2-3H3/b12-10+.